The molecule has 0 bridgehead atoms. The summed E-state index contributed by atoms with van der Waals surface area (Å²) in [6.45, 7) is 0.529. The zero-order valence-electron chi connectivity index (χ0n) is 11.2. The third kappa shape index (κ3) is 3.75. The second-order valence-corrected chi connectivity index (χ2v) is 4.39. The maximum absolute atomic E-state index is 11.1. The average molecular weight is 286 g/mol. The minimum atomic E-state index is -0.693. The summed E-state index contributed by atoms with van der Waals surface area (Å²) in [4.78, 5) is 25.5. The number of pyridine rings is 1. The zero-order valence-corrected chi connectivity index (χ0v) is 11.2. The molecule has 2 aromatic rings. The summed E-state index contributed by atoms with van der Waals surface area (Å²) >= 11 is 0. The Morgan fingerprint density at radius 3 is 2.62 bits per heavy atom. The predicted molar refractivity (Wildman–Crippen MR) is 78.0 cm³/mol. The summed E-state index contributed by atoms with van der Waals surface area (Å²) < 4.78 is 0. The van der Waals surface area contributed by atoms with Gasteiger partial charge in [0.15, 0.2) is 0 Å². The Balaban J connectivity index is 2.09. The molecule has 0 saturated heterocycles. The number of hydrogen-bond acceptors (Lipinski definition) is 5. The molecule has 7 nitrogen and oxygen atoms in total. The number of carbonyl (C=O) groups is 1. The lowest BCUT2D eigenvalue weighted by Crippen LogP contribution is -2.12. The lowest BCUT2D eigenvalue weighted by Gasteiger charge is -2.08. The summed E-state index contributed by atoms with van der Waals surface area (Å²) in [5.74, 6) is -0.693. The van der Waals surface area contributed by atoms with Crippen molar-refractivity contribution in [3.8, 4) is 0 Å². The van der Waals surface area contributed by atoms with Gasteiger partial charge >= 0.3 is 0 Å². The van der Waals surface area contributed by atoms with Gasteiger partial charge in [-0.15, -0.1) is 0 Å². The molecule has 1 aromatic carbocycles. The number of anilines is 1. The van der Waals surface area contributed by atoms with Crippen LogP contribution in [0.15, 0.2) is 42.7 Å². The van der Waals surface area contributed by atoms with Crippen molar-refractivity contribution in [1.29, 1.82) is 0 Å². The summed E-state index contributed by atoms with van der Waals surface area (Å²) in [5.41, 5.74) is 6.51. The van der Waals surface area contributed by atoms with E-state index in [4.69, 9.17) is 5.73 Å². The number of rotatable bonds is 6. The normalized spacial score (nSPS) is 10.1. The second-order valence-electron chi connectivity index (χ2n) is 4.39. The SMILES string of the molecule is NC(=O)c1ccc(NCCc2ccncc2)c([N+](=O)[O-])c1. The number of nitrogens with two attached hydrogens (primary N) is 1. The number of aromatic nitrogens is 1. The molecule has 1 heterocycles. The van der Waals surface area contributed by atoms with Gasteiger partial charge in [-0.1, -0.05) is 0 Å². The van der Waals surface area contributed by atoms with Gasteiger partial charge in [0.1, 0.15) is 5.69 Å². The third-order valence-corrected chi connectivity index (χ3v) is 2.96. The van der Waals surface area contributed by atoms with Gasteiger partial charge in [0.2, 0.25) is 5.91 Å². The van der Waals surface area contributed by atoms with Crippen LogP contribution in [0, 0.1) is 10.1 Å². The maximum atomic E-state index is 11.1. The van der Waals surface area contributed by atoms with Crippen molar-refractivity contribution in [3.63, 3.8) is 0 Å². The van der Waals surface area contributed by atoms with E-state index < -0.39 is 10.8 Å². The number of primary amides is 1. The van der Waals surface area contributed by atoms with Crippen LogP contribution in [0.1, 0.15) is 15.9 Å². The van der Waals surface area contributed by atoms with Crippen LogP contribution in [-0.2, 0) is 6.42 Å². The molecule has 0 aliphatic heterocycles. The Morgan fingerprint density at radius 2 is 2.00 bits per heavy atom. The first-order valence-electron chi connectivity index (χ1n) is 6.29. The largest absolute Gasteiger partial charge is 0.379 e. The van der Waals surface area contributed by atoms with Crippen molar-refractivity contribution in [2.75, 3.05) is 11.9 Å². The van der Waals surface area contributed by atoms with E-state index in [1.54, 1.807) is 12.4 Å². The summed E-state index contributed by atoms with van der Waals surface area (Å²) in [6.07, 6.45) is 4.09. The molecule has 1 aromatic heterocycles. The predicted octanol–water partition coefficient (Wildman–Crippen LogP) is 1.74. The van der Waals surface area contributed by atoms with E-state index >= 15 is 0 Å². The van der Waals surface area contributed by atoms with Crippen molar-refractivity contribution in [3.05, 3.63) is 64.0 Å². The molecule has 21 heavy (non-hydrogen) atoms. The highest BCUT2D eigenvalue weighted by Crippen LogP contribution is 2.25. The fourth-order valence-corrected chi connectivity index (χ4v) is 1.88. The van der Waals surface area contributed by atoms with Crippen LogP contribution in [-0.4, -0.2) is 22.4 Å². The number of nitrogens with one attached hydrogen (secondary N) is 1. The standard InChI is InChI=1S/C14H14N4O3/c15-14(19)11-1-2-12(13(9-11)18(20)21)17-8-5-10-3-6-16-7-4-10/h1-4,6-7,9,17H,5,8H2,(H2,15,19). The highest BCUT2D eigenvalue weighted by Gasteiger charge is 2.16. The van der Waals surface area contributed by atoms with E-state index in [9.17, 15) is 14.9 Å². The Bertz CT molecular complexity index is 659. The van der Waals surface area contributed by atoms with Crippen LogP contribution in [0.4, 0.5) is 11.4 Å². The van der Waals surface area contributed by atoms with Gasteiger partial charge in [0, 0.05) is 30.6 Å². The van der Waals surface area contributed by atoms with Crippen molar-refractivity contribution < 1.29 is 9.72 Å². The van der Waals surface area contributed by atoms with Crippen LogP contribution in [0.2, 0.25) is 0 Å². The molecule has 0 saturated carbocycles. The lowest BCUT2D eigenvalue weighted by atomic mass is 10.1. The van der Waals surface area contributed by atoms with E-state index in [1.165, 1.54) is 18.2 Å². The maximum Gasteiger partial charge on any atom is 0.293 e. The quantitative estimate of drug-likeness (QED) is 0.620. The van der Waals surface area contributed by atoms with Crippen molar-refractivity contribution in [2.24, 2.45) is 5.73 Å². The Kier molecular flexibility index (Phi) is 4.45. The zero-order chi connectivity index (χ0) is 15.2. The smallest absolute Gasteiger partial charge is 0.293 e. The molecule has 0 atom stereocenters. The topological polar surface area (TPSA) is 111 Å². The molecule has 3 N–H and O–H groups in total. The molecule has 0 fully saturated rings. The highest BCUT2D eigenvalue weighted by molar-refractivity contribution is 5.94. The van der Waals surface area contributed by atoms with E-state index in [1.807, 2.05) is 12.1 Å². The molecular weight excluding hydrogens is 272 g/mol. The fraction of sp³-hybridized carbons (Fsp3) is 0.143. The Hall–Kier alpha value is -2.96. The molecule has 0 spiro atoms. The molecule has 7 heteroatoms. The molecule has 0 aliphatic rings. The Morgan fingerprint density at radius 1 is 1.29 bits per heavy atom. The highest BCUT2D eigenvalue weighted by atomic mass is 16.6. The number of carbonyl (C=O) groups excluding carboxylic acids is 1. The molecule has 0 radical (unpaired) electrons. The third-order valence-electron chi connectivity index (χ3n) is 2.96. The summed E-state index contributed by atoms with van der Waals surface area (Å²) in [5, 5.41) is 14.0. The summed E-state index contributed by atoms with van der Waals surface area (Å²) in [7, 11) is 0. The van der Waals surface area contributed by atoms with Crippen molar-refractivity contribution >= 4 is 17.3 Å². The van der Waals surface area contributed by atoms with Crippen molar-refractivity contribution in [2.45, 2.75) is 6.42 Å². The number of nitro benzene ring substituents is 1. The number of hydrogen-bond donors (Lipinski definition) is 2. The van der Waals surface area contributed by atoms with Crippen LogP contribution >= 0.6 is 0 Å². The van der Waals surface area contributed by atoms with Crippen LogP contribution in [0.25, 0.3) is 0 Å². The number of benzene rings is 1. The number of amides is 1. The van der Waals surface area contributed by atoms with E-state index in [0.29, 0.717) is 18.7 Å². The fourth-order valence-electron chi connectivity index (χ4n) is 1.88. The van der Waals surface area contributed by atoms with Gasteiger partial charge in [0.25, 0.3) is 5.69 Å². The number of nitro groups is 1. The molecule has 1 amide bonds. The number of nitrogens with zero attached hydrogens (tertiary/aromatic N) is 2. The van der Waals surface area contributed by atoms with E-state index in [2.05, 4.69) is 10.3 Å². The van der Waals surface area contributed by atoms with Gasteiger partial charge in [0.05, 0.1) is 4.92 Å². The average Bonchev–Trinajstić information content (AvgIpc) is 2.48. The van der Waals surface area contributed by atoms with E-state index in [-0.39, 0.29) is 11.3 Å². The monoisotopic (exact) mass is 286 g/mol. The van der Waals surface area contributed by atoms with Crippen molar-refractivity contribution in [1.82, 2.24) is 4.98 Å². The first-order chi connectivity index (χ1) is 10.1. The van der Waals surface area contributed by atoms with Gasteiger partial charge in [-0.25, -0.2) is 0 Å². The molecule has 0 aliphatic carbocycles. The van der Waals surface area contributed by atoms with Gasteiger partial charge < -0.3 is 11.1 Å². The minimum Gasteiger partial charge on any atom is -0.379 e. The Labute approximate surface area is 121 Å². The molecular formula is C14H14N4O3. The van der Waals surface area contributed by atoms with Gasteiger partial charge in [-0.3, -0.25) is 19.9 Å². The van der Waals surface area contributed by atoms with Gasteiger partial charge in [-0.2, -0.15) is 0 Å². The summed E-state index contributed by atoms with van der Waals surface area (Å²) in [6, 6.07) is 7.89. The van der Waals surface area contributed by atoms with Crippen LogP contribution in [0.3, 0.4) is 0 Å². The second kappa shape index (κ2) is 6.47. The minimum absolute atomic E-state index is 0.112. The van der Waals surface area contributed by atoms with Crippen LogP contribution < -0.4 is 11.1 Å². The van der Waals surface area contributed by atoms with Gasteiger partial charge in [-0.05, 0) is 36.2 Å². The lowest BCUT2D eigenvalue weighted by molar-refractivity contribution is -0.384. The first-order valence-corrected chi connectivity index (χ1v) is 6.29. The molecule has 2 rings (SSSR count). The van der Waals surface area contributed by atoms with E-state index in [0.717, 1.165) is 5.56 Å². The molecule has 0 unspecified atom stereocenters. The first kappa shape index (κ1) is 14.4. The molecule has 108 valence electrons. The van der Waals surface area contributed by atoms with Crippen LogP contribution in [0.5, 0.6) is 0 Å².